The molecule has 0 aliphatic carbocycles. The van der Waals surface area contributed by atoms with Gasteiger partial charge in [0.05, 0.1) is 0 Å². The fourth-order valence-electron chi connectivity index (χ4n) is 4.59. The van der Waals surface area contributed by atoms with Crippen LogP contribution in [0.3, 0.4) is 0 Å². The van der Waals surface area contributed by atoms with Crippen molar-refractivity contribution in [3.63, 3.8) is 0 Å². The maximum absolute atomic E-state index is 10.9. The lowest BCUT2D eigenvalue weighted by Crippen LogP contribution is -2.27. The number of anilines is 2. The Kier molecular flexibility index (Phi) is 5.44. The summed E-state index contributed by atoms with van der Waals surface area (Å²) in [6, 6.07) is 17.6. The molecular weight excluding hydrogens is 336 g/mol. The molecule has 0 spiro atoms. The van der Waals surface area contributed by atoms with E-state index in [0.717, 1.165) is 51.9 Å². The van der Waals surface area contributed by atoms with Crippen LogP contribution in [0.2, 0.25) is 0 Å². The molecule has 4 heteroatoms. The number of likely N-dealkylation sites (tertiary alicyclic amines) is 1. The number of benzene rings is 2. The Balaban J connectivity index is 1.43. The molecule has 2 aromatic carbocycles. The molecule has 1 saturated heterocycles. The van der Waals surface area contributed by atoms with Gasteiger partial charge in [-0.1, -0.05) is 36.4 Å². The second-order valence-electron chi connectivity index (χ2n) is 7.82. The normalized spacial score (nSPS) is 19.4. The van der Waals surface area contributed by atoms with Crippen molar-refractivity contribution in [2.24, 2.45) is 5.92 Å². The van der Waals surface area contributed by atoms with Crippen molar-refractivity contribution in [3.8, 4) is 0 Å². The zero-order valence-electron chi connectivity index (χ0n) is 15.8. The van der Waals surface area contributed by atoms with Crippen LogP contribution in [-0.2, 0) is 17.6 Å². The Bertz CT molecular complexity index is 757. The molecule has 2 aromatic rings. The fourth-order valence-corrected chi connectivity index (χ4v) is 4.59. The van der Waals surface area contributed by atoms with Crippen molar-refractivity contribution in [1.29, 1.82) is 0 Å². The highest BCUT2D eigenvalue weighted by Crippen LogP contribution is 2.36. The second kappa shape index (κ2) is 8.13. The van der Waals surface area contributed by atoms with Crippen LogP contribution in [0.25, 0.3) is 0 Å². The molecule has 4 rings (SSSR count). The summed E-state index contributed by atoms with van der Waals surface area (Å²) >= 11 is 0. The summed E-state index contributed by atoms with van der Waals surface area (Å²) in [5.74, 6) is -0.346. The van der Waals surface area contributed by atoms with E-state index >= 15 is 0 Å². The molecule has 2 heterocycles. The van der Waals surface area contributed by atoms with Gasteiger partial charge in [-0.05, 0) is 68.0 Å². The van der Waals surface area contributed by atoms with Crippen LogP contribution in [0.1, 0.15) is 30.4 Å². The number of rotatable bonds is 6. The minimum absolute atomic E-state index is 0.309. The van der Waals surface area contributed by atoms with E-state index in [1.54, 1.807) is 0 Å². The third-order valence-corrected chi connectivity index (χ3v) is 5.92. The van der Waals surface area contributed by atoms with E-state index in [9.17, 15) is 4.79 Å². The number of carboxylic acids is 1. The van der Waals surface area contributed by atoms with Gasteiger partial charge in [0.2, 0.25) is 0 Å². The molecule has 1 fully saturated rings. The third-order valence-electron chi connectivity index (χ3n) is 5.92. The zero-order valence-corrected chi connectivity index (χ0v) is 15.8. The lowest BCUT2D eigenvalue weighted by Gasteiger charge is -2.28. The van der Waals surface area contributed by atoms with Gasteiger partial charge in [0.25, 0.3) is 0 Å². The Morgan fingerprint density at radius 2 is 1.59 bits per heavy atom. The van der Waals surface area contributed by atoms with Gasteiger partial charge in [0.1, 0.15) is 0 Å². The average Bonchev–Trinajstić information content (AvgIpc) is 3.04. The number of fused-ring (bicyclic) bond motifs is 2. The van der Waals surface area contributed by atoms with E-state index < -0.39 is 5.97 Å². The molecule has 0 amide bonds. The molecule has 142 valence electrons. The first-order valence-electron chi connectivity index (χ1n) is 10.1. The van der Waals surface area contributed by atoms with Crippen molar-refractivity contribution >= 4 is 17.3 Å². The van der Waals surface area contributed by atoms with Gasteiger partial charge in [0.15, 0.2) is 0 Å². The largest absolute Gasteiger partial charge is 0.481 e. The van der Waals surface area contributed by atoms with E-state index in [4.69, 9.17) is 5.11 Å². The van der Waals surface area contributed by atoms with Crippen LogP contribution >= 0.6 is 0 Å². The number of para-hydroxylation sites is 2. The van der Waals surface area contributed by atoms with E-state index in [0.29, 0.717) is 12.3 Å². The molecule has 0 saturated carbocycles. The smallest absolute Gasteiger partial charge is 0.303 e. The first-order valence-corrected chi connectivity index (χ1v) is 10.1. The Labute approximate surface area is 161 Å². The molecule has 4 nitrogen and oxygen atoms in total. The van der Waals surface area contributed by atoms with Gasteiger partial charge in [-0.15, -0.1) is 0 Å². The molecule has 2 aliphatic heterocycles. The summed E-state index contributed by atoms with van der Waals surface area (Å²) in [6.45, 7) is 4.00. The van der Waals surface area contributed by atoms with Crippen molar-refractivity contribution in [1.82, 2.24) is 4.90 Å². The SMILES string of the molecule is O=C(O)CC1CCN(CCCN2c3ccccc3CCc3ccccc32)C1. The minimum atomic E-state index is -0.667. The molecule has 1 atom stereocenters. The molecule has 27 heavy (non-hydrogen) atoms. The van der Waals surface area contributed by atoms with Crippen LogP contribution in [0.15, 0.2) is 48.5 Å². The average molecular weight is 364 g/mol. The van der Waals surface area contributed by atoms with Crippen molar-refractivity contribution in [2.45, 2.75) is 32.1 Å². The Morgan fingerprint density at radius 1 is 0.963 bits per heavy atom. The quantitative estimate of drug-likeness (QED) is 0.838. The number of hydrogen-bond donors (Lipinski definition) is 1. The lowest BCUT2D eigenvalue weighted by molar-refractivity contribution is -0.138. The summed E-state index contributed by atoms with van der Waals surface area (Å²) in [5.41, 5.74) is 5.54. The van der Waals surface area contributed by atoms with Crippen LogP contribution < -0.4 is 4.90 Å². The van der Waals surface area contributed by atoms with Crippen molar-refractivity contribution < 1.29 is 9.90 Å². The first-order chi connectivity index (χ1) is 13.2. The number of carbonyl (C=O) groups is 1. The highest BCUT2D eigenvalue weighted by Gasteiger charge is 2.25. The summed E-state index contributed by atoms with van der Waals surface area (Å²) in [6.07, 6.45) is 4.59. The number of nitrogens with zero attached hydrogens (tertiary/aromatic N) is 2. The topological polar surface area (TPSA) is 43.8 Å². The Hall–Kier alpha value is -2.33. The van der Waals surface area contributed by atoms with Gasteiger partial charge >= 0.3 is 5.97 Å². The monoisotopic (exact) mass is 364 g/mol. The molecule has 2 aliphatic rings. The number of carboxylic acid groups (broad SMARTS) is 1. The van der Waals surface area contributed by atoms with Crippen LogP contribution in [-0.4, -0.2) is 42.2 Å². The van der Waals surface area contributed by atoms with E-state index in [1.165, 1.54) is 22.5 Å². The molecular formula is C23H28N2O2. The maximum atomic E-state index is 10.9. The van der Waals surface area contributed by atoms with Crippen LogP contribution in [0.5, 0.6) is 0 Å². The Morgan fingerprint density at radius 3 is 2.22 bits per heavy atom. The molecule has 1 unspecified atom stereocenters. The molecule has 0 radical (unpaired) electrons. The standard InChI is InChI=1S/C23H28N2O2/c26-23(27)16-18-12-15-24(17-18)13-5-14-25-21-8-3-1-6-19(21)10-11-20-7-2-4-9-22(20)25/h1-4,6-9,18H,5,10-17H2,(H,26,27). The van der Waals surface area contributed by atoms with Crippen LogP contribution in [0, 0.1) is 5.92 Å². The molecule has 0 bridgehead atoms. The number of aryl methyl sites for hydroxylation is 2. The van der Waals surface area contributed by atoms with Crippen molar-refractivity contribution in [3.05, 3.63) is 59.7 Å². The van der Waals surface area contributed by atoms with E-state index in [-0.39, 0.29) is 0 Å². The second-order valence-corrected chi connectivity index (χ2v) is 7.82. The van der Waals surface area contributed by atoms with Crippen molar-refractivity contribution in [2.75, 3.05) is 31.1 Å². The fraction of sp³-hybridized carbons (Fsp3) is 0.435. The van der Waals surface area contributed by atoms with Gasteiger partial charge in [-0.25, -0.2) is 0 Å². The lowest BCUT2D eigenvalue weighted by atomic mass is 10.0. The highest BCUT2D eigenvalue weighted by atomic mass is 16.4. The van der Waals surface area contributed by atoms with E-state index in [1.807, 2.05) is 0 Å². The summed E-state index contributed by atoms with van der Waals surface area (Å²) in [5, 5.41) is 8.99. The minimum Gasteiger partial charge on any atom is -0.481 e. The van der Waals surface area contributed by atoms with Gasteiger partial charge in [-0.3, -0.25) is 4.79 Å². The highest BCUT2D eigenvalue weighted by molar-refractivity contribution is 5.71. The maximum Gasteiger partial charge on any atom is 0.303 e. The van der Waals surface area contributed by atoms with Gasteiger partial charge in [-0.2, -0.15) is 0 Å². The van der Waals surface area contributed by atoms with E-state index in [2.05, 4.69) is 58.3 Å². The third kappa shape index (κ3) is 4.16. The predicted molar refractivity (Wildman–Crippen MR) is 109 cm³/mol. The predicted octanol–water partition coefficient (Wildman–Crippen LogP) is 4.11. The molecule has 0 aromatic heterocycles. The summed E-state index contributed by atoms with van der Waals surface area (Å²) in [7, 11) is 0. The summed E-state index contributed by atoms with van der Waals surface area (Å²) in [4.78, 5) is 15.8. The first kappa shape index (κ1) is 18.1. The molecule has 1 N–H and O–H groups in total. The number of aliphatic carboxylic acids is 1. The number of hydrogen-bond acceptors (Lipinski definition) is 3. The summed E-state index contributed by atoms with van der Waals surface area (Å²) < 4.78 is 0. The zero-order chi connectivity index (χ0) is 18.6. The van der Waals surface area contributed by atoms with Gasteiger partial charge in [0, 0.05) is 30.9 Å². The van der Waals surface area contributed by atoms with Crippen LogP contribution in [0.4, 0.5) is 11.4 Å². The van der Waals surface area contributed by atoms with Gasteiger partial charge < -0.3 is 14.9 Å².